The van der Waals surface area contributed by atoms with Crippen molar-refractivity contribution in [2.45, 2.75) is 39.2 Å². The highest BCUT2D eigenvalue weighted by Gasteiger charge is 2.29. The third kappa shape index (κ3) is 5.59. The first-order valence-electron chi connectivity index (χ1n) is 8.61. The summed E-state index contributed by atoms with van der Waals surface area (Å²) in [4.78, 5) is 20.9. The van der Waals surface area contributed by atoms with Crippen molar-refractivity contribution in [2.75, 3.05) is 32.8 Å². The van der Waals surface area contributed by atoms with E-state index >= 15 is 0 Å². The predicted molar refractivity (Wildman–Crippen MR) is 91.0 cm³/mol. The molecular formula is C18H29N3O2. The summed E-state index contributed by atoms with van der Waals surface area (Å²) in [5.41, 5.74) is 1.15. The average molecular weight is 319 g/mol. The van der Waals surface area contributed by atoms with E-state index in [1.807, 2.05) is 17.0 Å². The van der Waals surface area contributed by atoms with Crippen LogP contribution < -0.4 is 0 Å². The molecule has 1 fully saturated rings. The molecular weight excluding hydrogens is 290 g/mol. The number of aliphatic hydroxyl groups excluding tert-OH is 1. The van der Waals surface area contributed by atoms with Gasteiger partial charge in [-0.15, -0.1) is 0 Å². The molecule has 1 atom stereocenters. The summed E-state index contributed by atoms with van der Waals surface area (Å²) in [6.07, 6.45) is 5.57. The van der Waals surface area contributed by atoms with Crippen molar-refractivity contribution < 1.29 is 9.90 Å². The van der Waals surface area contributed by atoms with Crippen LogP contribution in [0.4, 0.5) is 0 Å². The Morgan fingerprint density at radius 3 is 2.74 bits per heavy atom. The fourth-order valence-corrected chi connectivity index (χ4v) is 3.21. The van der Waals surface area contributed by atoms with Crippen LogP contribution in [0.1, 0.15) is 32.3 Å². The van der Waals surface area contributed by atoms with Crippen LogP contribution in [0.5, 0.6) is 0 Å². The fourth-order valence-electron chi connectivity index (χ4n) is 3.21. The van der Waals surface area contributed by atoms with Crippen molar-refractivity contribution in [3.63, 3.8) is 0 Å². The van der Waals surface area contributed by atoms with Gasteiger partial charge in [-0.2, -0.15) is 0 Å². The van der Waals surface area contributed by atoms with E-state index < -0.39 is 0 Å². The monoisotopic (exact) mass is 319 g/mol. The number of aliphatic hydroxyl groups is 1. The van der Waals surface area contributed by atoms with Gasteiger partial charge in [0.15, 0.2) is 0 Å². The standard InChI is InChI=1S/C18H29N3O2/c1-15(2)13-20-10-11-21(14-17(20)7-12-22)18(23)4-3-16-5-8-19-9-6-16/h5-6,8-9,15,17,22H,3-4,7,10-14H2,1-2H3. The highest BCUT2D eigenvalue weighted by Crippen LogP contribution is 2.16. The topological polar surface area (TPSA) is 56.7 Å². The lowest BCUT2D eigenvalue weighted by Gasteiger charge is -2.42. The molecule has 5 nitrogen and oxygen atoms in total. The summed E-state index contributed by atoms with van der Waals surface area (Å²) < 4.78 is 0. The van der Waals surface area contributed by atoms with Gasteiger partial charge < -0.3 is 10.0 Å². The summed E-state index contributed by atoms with van der Waals surface area (Å²) in [6.45, 7) is 8.07. The highest BCUT2D eigenvalue weighted by atomic mass is 16.3. The molecule has 2 heterocycles. The van der Waals surface area contributed by atoms with Crippen LogP contribution in [0.3, 0.4) is 0 Å². The van der Waals surface area contributed by atoms with Crippen LogP contribution in [0, 0.1) is 5.92 Å². The minimum Gasteiger partial charge on any atom is -0.396 e. The Bertz CT molecular complexity index is 478. The van der Waals surface area contributed by atoms with Gasteiger partial charge in [-0.3, -0.25) is 14.7 Å². The van der Waals surface area contributed by atoms with Crippen molar-refractivity contribution in [1.82, 2.24) is 14.8 Å². The number of hydrogen-bond donors (Lipinski definition) is 1. The SMILES string of the molecule is CC(C)CN1CCN(C(=O)CCc2ccncc2)CC1CCO. The third-order valence-electron chi connectivity index (χ3n) is 4.40. The quantitative estimate of drug-likeness (QED) is 0.829. The van der Waals surface area contributed by atoms with Crippen molar-refractivity contribution >= 4 is 5.91 Å². The maximum atomic E-state index is 12.5. The van der Waals surface area contributed by atoms with Crippen LogP contribution >= 0.6 is 0 Å². The lowest BCUT2D eigenvalue weighted by Crippen LogP contribution is -2.55. The Balaban J connectivity index is 1.86. The van der Waals surface area contributed by atoms with Crippen LogP contribution in [-0.4, -0.2) is 64.6 Å². The number of rotatable bonds is 7. The van der Waals surface area contributed by atoms with E-state index in [2.05, 4.69) is 23.7 Å². The molecule has 1 unspecified atom stereocenters. The highest BCUT2D eigenvalue weighted by molar-refractivity contribution is 5.76. The van der Waals surface area contributed by atoms with Gasteiger partial charge in [-0.05, 0) is 36.5 Å². The molecule has 0 saturated carbocycles. The number of aromatic nitrogens is 1. The second kappa shape index (κ2) is 8.99. The van der Waals surface area contributed by atoms with Crippen molar-refractivity contribution in [1.29, 1.82) is 0 Å². The van der Waals surface area contributed by atoms with E-state index in [0.29, 0.717) is 12.3 Å². The summed E-state index contributed by atoms with van der Waals surface area (Å²) in [6, 6.07) is 4.20. The van der Waals surface area contributed by atoms with Crippen LogP contribution in [0.25, 0.3) is 0 Å². The Kier molecular flexibility index (Phi) is 6.99. The number of amides is 1. The van der Waals surface area contributed by atoms with Gasteiger partial charge in [0, 0.05) is 57.6 Å². The van der Waals surface area contributed by atoms with Gasteiger partial charge >= 0.3 is 0 Å². The molecule has 1 amide bonds. The normalized spacial score (nSPS) is 19.3. The summed E-state index contributed by atoms with van der Waals surface area (Å²) >= 11 is 0. The van der Waals surface area contributed by atoms with E-state index in [1.165, 1.54) is 0 Å². The van der Waals surface area contributed by atoms with Gasteiger partial charge in [0.05, 0.1) is 0 Å². The maximum absolute atomic E-state index is 12.5. The molecule has 1 N–H and O–H groups in total. The van der Waals surface area contributed by atoms with E-state index in [0.717, 1.165) is 44.6 Å². The Morgan fingerprint density at radius 2 is 2.09 bits per heavy atom. The Labute approximate surface area is 139 Å². The minimum atomic E-state index is 0.179. The predicted octanol–water partition coefficient (Wildman–Crippen LogP) is 1.57. The van der Waals surface area contributed by atoms with Crippen molar-refractivity contribution in [3.05, 3.63) is 30.1 Å². The molecule has 0 spiro atoms. The van der Waals surface area contributed by atoms with Crippen LogP contribution in [-0.2, 0) is 11.2 Å². The lowest BCUT2D eigenvalue weighted by molar-refractivity contribution is -0.134. The number of pyridine rings is 1. The van der Waals surface area contributed by atoms with Crippen molar-refractivity contribution in [3.8, 4) is 0 Å². The second-order valence-electron chi connectivity index (χ2n) is 6.75. The van der Waals surface area contributed by atoms with Gasteiger partial charge in [0.25, 0.3) is 0 Å². The number of aryl methyl sites for hydroxylation is 1. The van der Waals surface area contributed by atoms with E-state index in [1.54, 1.807) is 12.4 Å². The molecule has 0 aromatic carbocycles. The largest absolute Gasteiger partial charge is 0.396 e. The Morgan fingerprint density at radius 1 is 1.35 bits per heavy atom. The molecule has 5 heteroatoms. The van der Waals surface area contributed by atoms with Crippen molar-refractivity contribution in [2.24, 2.45) is 5.92 Å². The molecule has 1 aliphatic heterocycles. The third-order valence-corrected chi connectivity index (χ3v) is 4.40. The zero-order valence-electron chi connectivity index (χ0n) is 14.3. The van der Waals surface area contributed by atoms with Crippen LogP contribution in [0.15, 0.2) is 24.5 Å². The molecule has 0 radical (unpaired) electrons. The van der Waals surface area contributed by atoms with Crippen LogP contribution in [0.2, 0.25) is 0 Å². The second-order valence-corrected chi connectivity index (χ2v) is 6.75. The van der Waals surface area contributed by atoms with Gasteiger partial charge in [-0.25, -0.2) is 0 Å². The van der Waals surface area contributed by atoms with E-state index in [4.69, 9.17) is 0 Å². The molecule has 0 aliphatic carbocycles. The molecule has 0 bridgehead atoms. The molecule has 1 aromatic heterocycles. The molecule has 1 aromatic rings. The zero-order chi connectivity index (χ0) is 16.7. The lowest BCUT2D eigenvalue weighted by atomic mass is 10.0. The summed E-state index contributed by atoms with van der Waals surface area (Å²) in [5.74, 6) is 0.819. The first-order valence-corrected chi connectivity index (χ1v) is 8.61. The molecule has 23 heavy (non-hydrogen) atoms. The Hall–Kier alpha value is -1.46. The molecule has 128 valence electrons. The number of carbonyl (C=O) groups is 1. The minimum absolute atomic E-state index is 0.179. The number of hydrogen-bond acceptors (Lipinski definition) is 4. The van der Waals surface area contributed by atoms with Gasteiger partial charge in [0.2, 0.25) is 5.91 Å². The fraction of sp³-hybridized carbons (Fsp3) is 0.667. The smallest absolute Gasteiger partial charge is 0.222 e. The van der Waals surface area contributed by atoms with Gasteiger partial charge in [0.1, 0.15) is 0 Å². The number of nitrogens with zero attached hydrogens (tertiary/aromatic N) is 3. The summed E-state index contributed by atoms with van der Waals surface area (Å²) in [5, 5.41) is 9.31. The molecule has 2 rings (SSSR count). The van der Waals surface area contributed by atoms with E-state index in [-0.39, 0.29) is 18.6 Å². The van der Waals surface area contributed by atoms with E-state index in [9.17, 15) is 9.90 Å². The molecule has 1 aliphatic rings. The number of carbonyl (C=O) groups excluding carboxylic acids is 1. The first-order chi connectivity index (χ1) is 11.1. The maximum Gasteiger partial charge on any atom is 0.222 e. The average Bonchev–Trinajstić information content (AvgIpc) is 2.55. The molecule has 1 saturated heterocycles. The zero-order valence-corrected chi connectivity index (χ0v) is 14.3. The van der Waals surface area contributed by atoms with Gasteiger partial charge in [-0.1, -0.05) is 13.8 Å². The first kappa shape index (κ1) is 17.9. The summed E-state index contributed by atoms with van der Waals surface area (Å²) in [7, 11) is 0. The number of piperazine rings is 1.